The molecule has 30 heavy (non-hydrogen) atoms. The Kier molecular flexibility index (Phi) is 5.62. The van der Waals surface area contributed by atoms with Crippen LogP contribution in [-0.4, -0.2) is 15.5 Å². The average molecular weight is 448 g/mol. The van der Waals surface area contributed by atoms with E-state index in [4.69, 9.17) is 11.6 Å². The molecule has 154 valence electrons. The zero-order valence-electron chi connectivity index (χ0n) is 15.8. The van der Waals surface area contributed by atoms with Crippen LogP contribution in [0.1, 0.15) is 29.0 Å². The van der Waals surface area contributed by atoms with Gasteiger partial charge in [-0.05, 0) is 29.8 Å². The van der Waals surface area contributed by atoms with E-state index in [9.17, 15) is 18.4 Å². The van der Waals surface area contributed by atoms with E-state index in [1.54, 1.807) is 23.7 Å². The van der Waals surface area contributed by atoms with Crippen LogP contribution in [0.2, 0.25) is 5.02 Å². The molecule has 1 aromatic heterocycles. The van der Waals surface area contributed by atoms with Gasteiger partial charge < -0.3 is 9.88 Å². The SMILES string of the molecule is Cn1c(SCc2ccc(F)cc2)nc(=O)c2c1NC(=O)CC2c1c(F)cccc1Cl. The number of hydrogen-bond acceptors (Lipinski definition) is 4. The predicted octanol–water partition coefficient (Wildman–Crippen LogP) is 4.48. The number of aromatic nitrogens is 2. The molecule has 5 nitrogen and oxygen atoms in total. The monoisotopic (exact) mass is 447 g/mol. The number of amides is 1. The smallest absolute Gasteiger partial charge is 0.279 e. The van der Waals surface area contributed by atoms with E-state index in [-0.39, 0.29) is 40.1 Å². The second-order valence-electron chi connectivity index (χ2n) is 6.88. The highest BCUT2D eigenvalue weighted by atomic mass is 35.5. The Morgan fingerprint density at radius 3 is 2.60 bits per heavy atom. The van der Waals surface area contributed by atoms with Crippen LogP contribution in [0.15, 0.2) is 52.4 Å². The van der Waals surface area contributed by atoms with Gasteiger partial charge in [-0.15, -0.1) is 0 Å². The van der Waals surface area contributed by atoms with Crippen LogP contribution in [-0.2, 0) is 17.6 Å². The molecule has 9 heteroatoms. The topological polar surface area (TPSA) is 64.0 Å². The van der Waals surface area contributed by atoms with Gasteiger partial charge in [0.1, 0.15) is 17.5 Å². The van der Waals surface area contributed by atoms with E-state index in [2.05, 4.69) is 10.3 Å². The molecule has 0 saturated heterocycles. The summed E-state index contributed by atoms with van der Waals surface area (Å²) in [6.07, 6.45) is -0.105. The molecule has 1 N–H and O–H groups in total. The molecule has 0 bridgehead atoms. The highest BCUT2D eigenvalue weighted by molar-refractivity contribution is 7.98. The van der Waals surface area contributed by atoms with Crippen molar-refractivity contribution in [3.63, 3.8) is 0 Å². The number of benzene rings is 2. The van der Waals surface area contributed by atoms with Gasteiger partial charge in [0.2, 0.25) is 5.91 Å². The first-order chi connectivity index (χ1) is 14.3. The molecule has 3 aromatic rings. The number of halogens is 3. The number of fused-ring (bicyclic) bond motifs is 1. The van der Waals surface area contributed by atoms with Crippen molar-refractivity contribution in [2.45, 2.75) is 23.2 Å². The fourth-order valence-electron chi connectivity index (χ4n) is 3.48. The Morgan fingerprint density at radius 2 is 1.90 bits per heavy atom. The zero-order chi connectivity index (χ0) is 21.4. The minimum absolute atomic E-state index is 0.105. The Bertz CT molecular complexity index is 1180. The molecule has 0 aliphatic carbocycles. The minimum atomic E-state index is -0.829. The Morgan fingerprint density at radius 1 is 1.17 bits per heavy atom. The first kappa shape index (κ1) is 20.6. The summed E-state index contributed by atoms with van der Waals surface area (Å²) in [5.74, 6) is -1.35. The summed E-state index contributed by atoms with van der Waals surface area (Å²) in [7, 11) is 1.67. The molecule has 1 unspecified atom stereocenters. The first-order valence-electron chi connectivity index (χ1n) is 9.07. The van der Waals surface area contributed by atoms with Gasteiger partial charge in [-0.3, -0.25) is 9.59 Å². The van der Waals surface area contributed by atoms with Gasteiger partial charge in [-0.2, -0.15) is 4.98 Å². The lowest BCUT2D eigenvalue weighted by Gasteiger charge is -2.28. The van der Waals surface area contributed by atoms with Crippen molar-refractivity contribution in [3.05, 3.63) is 86.2 Å². The third-order valence-corrected chi connectivity index (χ3v) is 6.36. The lowest BCUT2D eigenvalue weighted by atomic mass is 9.86. The molecule has 2 aromatic carbocycles. The number of nitrogens with zero attached hydrogens (tertiary/aromatic N) is 2. The molecule has 0 fully saturated rings. The summed E-state index contributed by atoms with van der Waals surface area (Å²) >= 11 is 7.47. The molecule has 1 aliphatic heterocycles. The molecular formula is C21H16ClF2N3O2S. The van der Waals surface area contributed by atoms with Crippen LogP contribution in [0.5, 0.6) is 0 Å². The molecule has 4 rings (SSSR count). The average Bonchev–Trinajstić information content (AvgIpc) is 2.70. The van der Waals surface area contributed by atoms with Crippen molar-refractivity contribution in [2.75, 3.05) is 5.32 Å². The maximum Gasteiger partial charge on any atom is 0.279 e. The van der Waals surface area contributed by atoms with E-state index in [0.29, 0.717) is 10.9 Å². The molecule has 2 heterocycles. The van der Waals surface area contributed by atoms with E-state index in [0.717, 1.165) is 5.56 Å². The zero-order valence-corrected chi connectivity index (χ0v) is 17.4. The van der Waals surface area contributed by atoms with Gasteiger partial charge in [0.05, 0.1) is 5.56 Å². The van der Waals surface area contributed by atoms with Crippen molar-refractivity contribution in [2.24, 2.45) is 7.05 Å². The van der Waals surface area contributed by atoms with Crippen LogP contribution >= 0.6 is 23.4 Å². The van der Waals surface area contributed by atoms with Crippen molar-refractivity contribution in [1.29, 1.82) is 0 Å². The predicted molar refractivity (Wildman–Crippen MR) is 112 cm³/mol. The minimum Gasteiger partial charge on any atom is -0.312 e. The molecular weight excluding hydrogens is 432 g/mol. The van der Waals surface area contributed by atoms with E-state index in [1.165, 1.54) is 42.1 Å². The molecule has 0 spiro atoms. The van der Waals surface area contributed by atoms with Gasteiger partial charge in [-0.1, -0.05) is 41.6 Å². The van der Waals surface area contributed by atoms with Crippen molar-refractivity contribution >= 4 is 35.1 Å². The fraction of sp³-hybridized carbons (Fsp3) is 0.190. The summed E-state index contributed by atoms with van der Waals surface area (Å²) in [6, 6.07) is 10.3. The second kappa shape index (κ2) is 8.20. The van der Waals surface area contributed by atoms with E-state index >= 15 is 0 Å². The molecule has 0 radical (unpaired) electrons. The van der Waals surface area contributed by atoms with Crippen LogP contribution in [0.25, 0.3) is 0 Å². The second-order valence-corrected chi connectivity index (χ2v) is 8.23. The van der Waals surface area contributed by atoms with Gasteiger partial charge in [0.25, 0.3) is 5.56 Å². The van der Waals surface area contributed by atoms with E-state index in [1.807, 2.05) is 0 Å². The number of hydrogen-bond donors (Lipinski definition) is 1. The summed E-state index contributed by atoms with van der Waals surface area (Å²) < 4.78 is 29.2. The van der Waals surface area contributed by atoms with Crippen molar-refractivity contribution in [3.8, 4) is 0 Å². The standard InChI is InChI=1S/C21H16ClF2N3O2S/c1-27-19-18(13(9-16(28)25-19)17-14(22)3-2-4-15(17)24)20(29)26-21(27)30-10-11-5-7-12(23)8-6-11/h2-8,13H,9-10H2,1H3,(H,25,28). The highest BCUT2D eigenvalue weighted by Gasteiger charge is 2.34. The number of carbonyl (C=O) groups is 1. The highest BCUT2D eigenvalue weighted by Crippen LogP contribution is 2.39. The van der Waals surface area contributed by atoms with Crippen molar-refractivity contribution in [1.82, 2.24) is 9.55 Å². The summed E-state index contributed by atoms with van der Waals surface area (Å²) in [4.78, 5) is 29.4. The van der Waals surface area contributed by atoms with Gasteiger partial charge in [-0.25, -0.2) is 8.78 Å². The third-order valence-electron chi connectivity index (χ3n) is 4.93. The Balaban J connectivity index is 1.75. The number of nitrogens with one attached hydrogen (secondary N) is 1. The molecule has 1 atom stereocenters. The summed E-state index contributed by atoms with van der Waals surface area (Å²) in [5, 5.41) is 3.24. The van der Waals surface area contributed by atoms with E-state index < -0.39 is 17.3 Å². The van der Waals surface area contributed by atoms with Crippen LogP contribution in [0.3, 0.4) is 0 Å². The maximum absolute atomic E-state index is 14.5. The normalized spacial score (nSPS) is 15.6. The van der Waals surface area contributed by atoms with Crippen LogP contribution in [0, 0.1) is 11.6 Å². The lowest BCUT2D eigenvalue weighted by molar-refractivity contribution is -0.116. The third kappa shape index (κ3) is 3.85. The quantitative estimate of drug-likeness (QED) is 0.473. The van der Waals surface area contributed by atoms with Crippen LogP contribution < -0.4 is 10.9 Å². The first-order valence-corrected chi connectivity index (χ1v) is 10.4. The van der Waals surface area contributed by atoms with Crippen LogP contribution in [0.4, 0.5) is 14.6 Å². The molecule has 1 aliphatic rings. The summed E-state index contributed by atoms with van der Waals surface area (Å²) in [5.41, 5.74) is 0.624. The summed E-state index contributed by atoms with van der Waals surface area (Å²) in [6.45, 7) is 0. The maximum atomic E-state index is 14.5. The Labute approximate surface area is 180 Å². The number of carbonyl (C=O) groups excluding carboxylic acids is 1. The number of anilines is 1. The number of thioether (sulfide) groups is 1. The van der Waals surface area contributed by atoms with Gasteiger partial charge in [0.15, 0.2) is 5.16 Å². The van der Waals surface area contributed by atoms with Crippen molar-refractivity contribution < 1.29 is 13.6 Å². The van der Waals surface area contributed by atoms with Gasteiger partial charge >= 0.3 is 0 Å². The molecule has 1 amide bonds. The largest absolute Gasteiger partial charge is 0.312 e. The Hall–Kier alpha value is -2.71. The van der Waals surface area contributed by atoms with Gasteiger partial charge in [0, 0.05) is 35.7 Å². The lowest BCUT2D eigenvalue weighted by Crippen LogP contribution is -2.34. The number of rotatable bonds is 4. The fourth-order valence-corrected chi connectivity index (χ4v) is 4.70. The molecule has 0 saturated carbocycles.